The van der Waals surface area contributed by atoms with Crippen LogP contribution < -0.4 is 14.5 Å². The molecule has 1 aliphatic rings. The molecule has 1 unspecified atom stereocenters. The molecule has 0 spiro atoms. The summed E-state index contributed by atoms with van der Waals surface area (Å²) in [7, 11) is 1.61. The highest BCUT2D eigenvalue weighted by atomic mass is 16.5. The highest BCUT2D eigenvalue weighted by Crippen LogP contribution is 2.43. The monoisotopic (exact) mass is 540 g/mol. The zero-order valence-electron chi connectivity index (χ0n) is 24.6. The lowest BCUT2D eigenvalue weighted by molar-refractivity contribution is -0.132. The normalized spacial score (nSPS) is 16.7. The van der Waals surface area contributed by atoms with Gasteiger partial charge in [-0.25, -0.2) is 0 Å². The minimum atomic E-state index is -0.778. The first-order chi connectivity index (χ1) is 19.1. The second kappa shape index (κ2) is 12.0. The number of benzene rings is 3. The van der Waals surface area contributed by atoms with Crippen molar-refractivity contribution in [2.45, 2.75) is 59.4 Å². The molecule has 3 aromatic rings. The van der Waals surface area contributed by atoms with Crippen molar-refractivity contribution < 1.29 is 19.4 Å². The second-order valence-corrected chi connectivity index (χ2v) is 10.8. The molecule has 0 aliphatic carbocycles. The summed E-state index contributed by atoms with van der Waals surface area (Å²) in [5.41, 5.74) is 5.02. The maximum absolute atomic E-state index is 13.6. The molecule has 1 atom stereocenters. The van der Waals surface area contributed by atoms with Gasteiger partial charge in [0.05, 0.1) is 18.7 Å². The van der Waals surface area contributed by atoms with Gasteiger partial charge in [0, 0.05) is 30.0 Å². The number of hydrogen-bond donors (Lipinski definition) is 1. The number of rotatable bonds is 9. The predicted molar refractivity (Wildman–Crippen MR) is 162 cm³/mol. The third-order valence-electron chi connectivity index (χ3n) is 7.74. The highest BCUT2D eigenvalue weighted by molar-refractivity contribution is 6.51. The molecular formula is C34H40N2O4. The molecule has 6 heteroatoms. The zero-order valence-corrected chi connectivity index (χ0v) is 24.6. The molecule has 0 saturated carbocycles. The van der Waals surface area contributed by atoms with Gasteiger partial charge in [-0.1, -0.05) is 52.0 Å². The number of hydrogen-bond acceptors (Lipinski definition) is 5. The number of aliphatic hydroxyl groups is 1. The molecular weight excluding hydrogens is 500 g/mol. The topological polar surface area (TPSA) is 70.1 Å². The Kier molecular flexibility index (Phi) is 8.67. The summed E-state index contributed by atoms with van der Waals surface area (Å²) in [4.78, 5) is 31.0. The minimum absolute atomic E-state index is 0.0772. The summed E-state index contributed by atoms with van der Waals surface area (Å²) < 4.78 is 5.51. The first-order valence-electron chi connectivity index (χ1n) is 14.1. The lowest BCUT2D eigenvalue weighted by atomic mass is 9.93. The molecule has 1 aliphatic heterocycles. The van der Waals surface area contributed by atoms with E-state index in [2.05, 4.69) is 32.6 Å². The molecule has 0 aromatic heterocycles. The van der Waals surface area contributed by atoms with E-state index in [1.165, 1.54) is 4.90 Å². The van der Waals surface area contributed by atoms with Crippen molar-refractivity contribution in [1.29, 1.82) is 0 Å². The Morgan fingerprint density at radius 1 is 0.900 bits per heavy atom. The third kappa shape index (κ3) is 5.35. The molecule has 0 radical (unpaired) electrons. The number of nitrogens with zero attached hydrogens (tertiary/aromatic N) is 2. The maximum Gasteiger partial charge on any atom is 0.300 e. The Morgan fingerprint density at radius 2 is 1.52 bits per heavy atom. The quantitative estimate of drug-likeness (QED) is 0.174. The van der Waals surface area contributed by atoms with Crippen LogP contribution in [0.15, 0.2) is 72.3 Å². The average molecular weight is 541 g/mol. The van der Waals surface area contributed by atoms with Gasteiger partial charge in [0.25, 0.3) is 11.7 Å². The highest BCUT2D eigenvalue weighted by Gasteiger charge is 2.47. The molecule has 3 aromatic carbocycles. The summed E-state index contributed by atoms with van der Waals surface area (Å²) in [6.45, 7) is 14.2. The van der Waals surface area contributed by atoms with Crippen molar-refractivity contribution >= 4 is 28.8 Å². The van der Waals surface area contributed by atoms with Crippen molar-refractivity contribution in [2.24, 2.45) is 0 Å². The van der Waals surface area contributed by atoms with Crippen LogP contribution in [0.1, 0.15) is 81.7 Å². The van der Waals surface area contributed by atoms with E-state index in [0.29, 0.717) is 22.9 Å². The predicted octanol–water partition coefficient (Wildman–Crippen LogP) is 7.41. The number of carbonyl (C=O) groups excluding carboxylic acids is 2. The first-order valence-corrected chi connectivity index (χ1v) is 14.1. The van der Waals surface area contributed by atoms with Gasteiger partial charge in [0.1, 0.15) is 11.5 Å². The van der Waals surface area contributed by atoms with E-state index in [0.717, 1.165) is 35.5 Å². The second-order valence-electron chi connectivity index (χ2n) is 10.8. The lowest BCUT2D eigenvalue weighted by Crippen LogP contribution is -2.29. The lowest BCUT2D eigenvalue weighted by Gasteiger charge is -2.27. The van der Waals surface area contributed by atoms with Crippen LogP contribution in [0.25, 0.3) is 5.76 Å². The van der Waals surface area contributed by atoms with Gasteiger partial charge in [-0.3, -0.25) is 14.5 Å². The van der Waals surface area contributed by atoms with E-state index in [1.54, 1.807) is 19.2 Å². The van der Waals surface area contributed by atoms with Crippen LogP contribution in [0.2, 0.25) is 0 Å². The summed E-state index contributed by atoms with van der Waals surface area (Å²) in [5, 5.41) is 11.6. The maximum atomic E-state index is 13.6. The Bertz CT molecular complexity index is 1400. The fourth-order valence-electron chi connectivity index (χ4n) is 5.38. The fraction of sp³-hybridized carbons (Fsp3) is 0.353. The van der Waals surface area contributed by atoms with E-state index in [4.69, 9.17) is 4.74 Å². The minimum Gasteiger partial charge on any atom is -0.507 e. The van der Waals surface area contributed by atoms with Gasteiger partial charge < -0.3 is 14.7 Å². The van der Waals surface area contributed by atoms with Crippen LogP contribution in [0.3, 0.4) is 0 Å². The summed E-state index contributed by atoms with van der Waals surface area (Å²) in [5.74, 6) is -0.381. The molecule has 1 N–H and O–H groups in total. The Balaban J connectivity index is 1.91. The van der Waals surface area contributed by atoms with E-state index in [9.17, 15) is 14.7 Å². The van der Waals surface area contributed by atoms with Crippen LogP contribution in [-0.4, -0.2) is 37.0 Å². The molecule has 0 bridgehead atoms. The molecule has 1 saturated heterocycles. The van der Waals surface area contributed by atoms with Crippen LogP contribution in [0.4, 0.5) is 11.4 Å². The number of ether oxygens (including phenoxy) is 1. The average Bonchev–Trinajstić information content (AvgIpc) is 3.23. The molecule has 210 valence electrons. The molecule has 6 nitrogen and oxygen atoms in total. The van der Waals surface area contributed by atoms with Gasteiger partial charge >= 0.3 is 0 Å². The van der Waals surface area contributed by atoms with Gasteiger partial charge in [0.2, 0.25) is 0 Å². The van der Waals surface area contributed by atoms with Crippen LogP contribution in [0, 0.1) is 0 Å². The molecule has 4 rings (SSSR count). The van der Waals surface area contributed by atoms with Crippen molar-refractivity contribution in [3.8, 4) is 5.75 Å². The molecule has 1 amide bonds. The van der Waals surface area contributed by atoms with E-state index < -0.39 is 17.7 Å². The van der Waals surface area contributed by atoms with E-state index in [1.807, 2.05) is 68.4 Å². The first kappa shape index (κ1) is 28.9. The summed E-state index contributed by atoms with van der Waals surface area (Å²) in [6, 6.07) is 20.2. The molecule has 1 fully saturated rings. The van der Waals surface area contributed by atoms with E-state index >= 15 is 0 Å². The Labute approximate surface area is 237 Å². The number of ketones is 1. The van der Waals surface area contributed by atoms with Crippen molar-refractivity contribution in [3.05, 3.63) is 94.6 Å². The molecule has 1 heterocycles. The van der Waals surface area contributed by atoms with Crippen molar-refractivity contribution in [2.75, 3.05) is 30.0 Å². The largest absolute Gasteiger partial charge is 0.507 e. The number of anilines is 2. The van der Waals surface area contributed by atoms with Crippen LogP contribution >= 0.6 is 0 Å². The van der Waals surface area contributed by atoms with Gasteiger partial charge in [0.15, 0.2) is 0 Å². The summed E-state index contributed by atoms with van der Waals surface area (Å²) in [6.07, 6.45) is 0. The van der Waals surface area contributed by atoms with Crippen molar-refractivity contribution in [1.82, 2.24) is 0 Å². The van der Waals surface area contributed by atoms with Crippen LogP contribution in [-0.2, 0) is 9.59 Å². The Hall–Kier alpha value is -4.06. The number of carbonyl (C=O) groups is 2. The van der Waals surface area contributed by atoms with Gasteiger partial charge in [-0.05, 0) is 84.8 Å². The van der Waals surface area contributed by atoms with E-state index in [-0.39, 0.29) is 17.3 Å². The fourth-order valence-corrected chi connectivity index (χ4v) is 5.38. The van der Waals surface area contributed by atoms with Crippen LogP contribution in [0.5, 0.6) is 5.75 Å². The molecule has 40 heavy (non-hydrogen) atoms. The number of methoxy groups -OCH3 is 1. The summed E-state index contributed by atoms with van der Waals surface area (Å²) >= 11 is 0. The third-order valence-corrected chi connectivity index (χ3v) is 7.74. The van der Waals surface area contributed by atoms with Gasteiger partial charge in [-0.2, -0.15) is 0 Å². The standard InChI is InChI=1S/C34H40N2O4/c1-8-35(9-2)26-15-12-24(13-16-26)31-30(32(37)25-14-19-29(40-7)28(20-25)22(5)6)33(38)34(39)36(31)27-17-10-23(11-18-27)21(3)4/h10-22,31,37H,8-9H2,1-7H3/b32-30-. The van der Waals surface area contributed by atoms with Gasteiger partial charge in [-0.15, -0.1) is 0 Å². The smallest absolute Gasteiger partial charge is 0.300 e. The SMILES string of the molecule is CCN(CC)c1ccc(C2/C(=C(/O)c3ccc(OC)c(C(C)C)c3)C(=O)C(=O)N2c2ccc(C(C)C)cc2)cc1. The number of amides is 1. The Morgan fingerprint density at radius 3 is 2.05 bits per heavy atom. The number of aliphatic hydroxyl groups excluding tert-OH is 1. The zero-order chi connectivity index (χ0) is 29.1. The van der Waals surface area contributed by atoms with Crippen molar-refractivity contribution in [3.63, 3.8) is 0 Å². The number of Topliss-reactive ketones (excluding diaryl/α,β-unsaturated/α-hetero) is 1.